The number of hydrogen-bond donors (Lipinski definition) is 1. The van der Waals surface area contributed by atoms with Crippen molar-refractivity contribution in [2.45, 2.75) is 65.6 Å². The number of nitrogens with zero attached hydrogens (tertiary/aromatic N) is 2. The van der Waals surface area contributed by atoms with E-state index in [1.165, 1.54) is 48.2 Å². The maximum atomic E-state index is 11.7. The van der Waals surface area contributed by atoms with Gasteiger partial charge in [-0.25, -0.2) is 0 Å². The van der Waals surface area contributed by atoms with E-state index in [1.54, 1.807) is 0 Å². The van der Waals surface area contributed by atoms with Crippen molar-refractivity contribution in [3.8, 4) is 0 Å². The summed E-state index contributed by atoms with van der Waals surface area (Å²) in [6.07, 6.45) is 4.59. The van der Waals surface area contributed by atoms with E-state index in [2.05, 4.69) is 42.7 Å². The highest BCUT2D eigenvalue weighted by molar-refractivity contribution is 5.80. The van der Waals surface area contributed by atoms with Crippen molar-refractivity contribution in [1.29, 1.82) is 0 Å². The minimum atomic E-state index is -0.175. The van der Waals surface area contributed by atoms with E-state index >= 15 is 0 Å². The zero-order valence-electron chi connectivity index (χ0n) is 16.1. The van der Waals surface area contributed by atoms with Gasteiger partial charge in [-0.05, 0) is 81.8 Å². The van der Waals surface area contributed by atoms with E-state index < -0.39 is 0 Å². The summed E-state index contributed by atoms with van der Waals surface area (Å²) in [5, 5.41) is 0. The molecule has 2 saturated heterocycles. The van der Waals surface area contributed by atoms with Gasteiger partial charge in [0.15, 0.2) is 0 Å². The van der Waals surface area contributed by atoms with Crippen LogP contribution in [0.25, 0.3) is 0 Å². The van der Waals surface area contributed by atoms with Crippen LogP contribution in [0.15, 0.2) is 12.1 Å². The molecule has 1 atom stereocenters. The monoisotopic (exact) mass is 343 g/mol. The lowest BCUT2D eigenvalue weighted by Gasteiger charge is -2.31. The Morgan fingerprint density at radius 2 is 1.72 bits per heavy atom. The maximum absolute atomic E-state index is 11.7. The van der Waals surface area contributed by atoms with Crippen LogP contribution < -0.4 is 5.73 Å². The summed E-state index contributed by atoms with van der Waals surface area (Å²) in [4.78, 5) is 16.5. The lowest BCUT2D eigenvalue weighted by Crippen LogP contribution is -2.40. The Labute approximate surface area is 152 Å². The van der Waals surface area contributed by atoms with Crippen LogP contribution in [0.2, 0.25) is 0 Å². The number of rotatable bonds is 5. The van der Waals surface area contributed by atoms with Gasteiger partial charge in [0.25, 0.3) is 0 Å². The van der Waals surface area contributed by atoms with Gasteiger partial charge in [0.2, 0.25) is 5.91 Å². The van der Waals surface area contributed by atoms with Gasteiger partial charge in [0, 0.05) is 13.1 Å². The fraction of sp³-hybridized carbons (Fsp3) is 0.667. The number of likely N-dealkylation sites (tertiary alicyclic amines) is 2. The minimum Gasteiger partial charge on any atom is -0.368 e. The van der Waals surface area contributed by atoms with Crippen LogP contribution in [0, 0.1) is 19.8 Å². The number of carbonyl (C=O) groups is 1. The number of piperidine rings is 1. The predicted molar refractivity (Wildman–Crippen MR) is 102 cm³/mol. The zero-order chi connectivity index (χ0) is 18.0. The van der Waals surface area contributed by atoms with Crippen molar-refractivity contribution in [3.63, 3.8) is 0 Å². The second-order valence-electron chi connectivity index (χ2n) is 8.20. The van der Waals surface area contributed by atoms with Gasteiger partial charge in [0.1, 0.15) is 0 Å². The number of amides is 1. The molecule has 4 heteroatoms. The molecule has 138 valence electrons. The van der Waals surface area contributed by atoms with Crippen molar-refractivity contribution in [3.05, 3.63) is 34.4 Å². The molecule has 2 fully saturated rings. The van der Waals surface area contributed by atoms with Gasteiger partial charge in [0.05, 0.1) is 6.04 Å². The quantitative estimate of drug-likeness (QED) is 0.894. The Balaban J connectivity index is 1.74. The number of aryl methyl sites for hydroxylation is 1. The van der Waals surface area contributed by atoms with Gasteiger partial charge < -0.3 is 5.73 Å². The fourth-order valence-electron chi connectivity index (χ4n) is 4.36. The Morgan fingerprint density at radius 3 is 2.36 bits per heavy atom. The minimum absolute atomic E-state index is 0.0908. The second-order valence-corrected chi connectivity index (χ2v) is 8.20. The van der Waals surface area contributed by atoms with E-state index in [4.69, 9.17) is 5.73 Å². The molecule has 0 spiro atoms. The van der Waals surface area contributed by atoms with Crippen LogP contribution in [0.1, 0.15) is 54.9 Å². The van der Waals surface area contributed by atoms with E-state index in [0.29, 0.717) is 0 Å². The summed E-state index contributed by atoms with van der Waals surface area (Å²) >= 11 is 0. The van der Waals surface area contributed by atoms with Gasteiger partial charge >= 0.3 is 0 Å². The largest absolute Gasteiger partial charge is 0.368 e. The summed E-state index contributed by atoms with van der Waals surface area (Å²) in [6.45, 7) is 12.1. The summed E-state index contributed by atoms with van der Waals surface area (Å²) in [5.41, 5.74) is 11.1. The van der Waals surface area contributed by atoms with Gasteiger partial charge in [-0.1, -0.05) is 24.6 Å². The topological polar surface area (TPSA) is 49.6 Å². The number of hydrogen-bond acceptors (Lipinski definition) is 3. The molecule has 2 N–H and O–H groups in total. The number of primary amides is 1. The van der Waals surface area contributed by atoms with Gasteiger partial charge in [-0.2, -0.15) is 0 Å². The Bertz CT molecular complexity index is 620. The van der Waals surface area contributed by atoms with Gasteiger partial charge in [-0.15, -0.1) is 0 Å². The van der Waals surface area contributed by atoms with Crippen LogP contribution >= 0.6 is 0 Å². The third-order valence-electron chi connectivity index (χ3n) is 6.10. The molecule has 1 amide bonds. The molecule has 2 aliphatic heterocycles. The molecular weight excluding hydrogens is 310 g/mol. The second kappa shape index (κ2) is 7.88. The highest BCUT2D eigenvalue weighted by Gasteiger charge is 2.29. The standard InChI is InChI=1S/C21H33N3O/c1-15-6-9-23(10-7-15)13-18-11-16(2)12-19(17(18)3)14-24-8-4-5-20(24)21(22)25/h11-12,15,20H,4-10,13-14H2,1-3H3,(H2,22,25). The molecule has 0 aromatic heterocycles. The highest BCUT2D eigenvalue weighted by Crippen LogP contribution is 2.26. The Kier molecular flexibility index (Phi) is 5.80. The van der Waals surface area contributed by atoms with E-state index in [1.807, 2.05) is 0 Å². The Morgan fingerprint density at radius 1 is 1.08 bits per heavy atom. The fourth-order valence-corrected chi connectivity index (χ4v) is 4.36. The third-order valence-corrected chi connectivity index (χ3v) is 6.10. The molecule has 3 rings (SSSR count). The lowest BCUT2D eigenvalue weighted by atomic mass is 9.95. The number of benzene rings is 1. The van der Waals surface area contributed by atoms with Crippen molar-refractivity contribution in [2.24, 2.45) is 11.7 Å². The van der Waals surface area contributed by atoms with Crippen LogP contribution in [-0.4, -0.2) is 41.4 Å². The summed E-state index contributed by atoms with van der Waals surface area (Å²) in [7, 11) is 0. The Hall–Kier alpha value is -1.39. The molecule has 0 aliphatic carbocycles. The number of carbonyl (C=O) groups excluding carboxylic acids is 1. The molecule has 0 saturated carbocycles. The molecule has 25 heavy (non-hydrogen) atoms. The van der Waals surface area contributed by atoms with E-state index in [0.717, 1.165) is 38.4 Å². The average molecular weight is 344 g/mol. The summed E-state index contributed by atoms with van der Waals surface area (Å²) in [6, 6.07) is 4.53. The average Bonchev–Trinajstić information content (AvgIpc) is 3.02. The first-order chi connectivity index (χ1) is 11.9. The van der Waals surface area contributed by atoms with Gasteiger partial charge in [-0.3, -0.25) is 14.6 Å². The summed E-state index contributed by atoms with van der Waals surface area (Å²) in [5.74, 6) is 0.691. The van der Waals surface area contributed by atoms with Crippen molar-refractivity contribution >= 4 is 5.91 Å². The highest BCUT2D eigenvalue weighted by atomic mass is 16.1. The van der Waals surface area contributed by atoms with Crippen LogP contribution in [0.5, 0.6) is 0 Å². The van der Waals surface area contributed by atoms with Crippen molar-refractivity contribution in [1.82, 2.24) is 9.80 Å². The first kappa shape index (κ1) is 18.4. The molecule has 2 aliphatic rings. The van der Waals surface area contributed by atoms with E-state index in [-0.39, 0.29) is 11.9 Å². The normalized spacial score (nSPS) is 23.2. The van der Waals surface area contributed by atoms with Crippen LogP contribution in [-0.2, 0) is 17.9 Å². The van der Waals surface area contributed by atoms with Crippen LogP contribution in [0.3, 0.4) is 0 Å². The summed E-state index contributed by atoms with van der Waals surface area (Å²) < 4.78 is 0. The third kappa shape index (κ3) is 4.42. The smallest absolute Gasteiger partial charge is 0.234 e. The SMILES string of the molecule is Cc1cc(CN2CCC(C)CC2)c(C)c(CN2CCCC2C(N)=O)c1. The molecule has 1 aromatic rings. The van der Waals surface area contributed by atoms with Crippen molar-refractivity contribution in [2.75, 3.05) is 19.6 Å². The molecule has 0 bridgehead atoms. The first-order valence-electron chi connectivity index (χ1n) is 9.78. The number of nitrogens with two attached hydrogens (primary N) is 1. The lowest BCUT2D eigenvalue weighted by molar-refractivity contribution is -0.122. The van der Waals surface area contributed by atoms with Crippen LogP contribution in [0.4, 0.5) is 0 Å². The molecule has 0 radical (unpaired) electrons. The first-order valence-corrected chi connectivity index (χ1v) is 9.78. The maximum Gasteiger partial charge on any atom is 0.234 e. The zero-order valence-corrected chi connectivity index (χ0v) is 16.1. The molecule has 2 heterocycles. The predicted octanol–water partition coefficient (Wildman–Crippen LogP) is 2.99. The molecule has 4 nitrogen and oxygen atoms in total. The van der Waals surface area contributed by atoms with E-state index in [9.17, 15) is 4.79 Å². The van der Waals surface area contributed by atoms with Crippen molar-refractivity contribution < 1.29 is 4.79 Å². The molecule has 1 aromatic carbocycles. The molecular formula is C21H33N3O. The molecule has 1 unspecified atom stereocenters.